The second kappa shape index (κ2) is 7.27. The summed E-state index contributed by atoms with van der Waals surface area (Å²) in [6, 6.07) is 12.7. The van der Waals surface area contributed by atoms with Crippen LogP contribution in [-0.2, 0) is 19.5 Å². The Hall–Kier alpha value is -1.58. The zero-order valence-corrected chi connectivity index (χ0v) is 12.6. The highest BCUT2D eigenvalue weighted by molar-refractivity contribution is 5.20. The molecule has 1 heterocycles. The van der Waals surface area contributed by atoms with Crippen LogP contribution in [0.2, 0.25) is 0 Å². The van der Waals surface area contributed by atoms with Gasteiger partial charge in [-0.25, -0.2) is 0 Å². The minimum absolute atomic E-state index is 0.791. The number of furan rings is 1. The van der Waals surface area contributed by atoms with E-state index >= 15 is 0 Å². The summed E-state index contributed by atoms with van der Waals surface area (Å²) in [7, 11) is 4.08. The quantitative estimate of drug-likeness (QED) is 0.840. The number of nitrogens with zero attached hydrogens (tertiary/aromatic N) is 1. The molecule has 20 heavy (non-hydrogen) atoms. The average molecular weight is 272 g/mol. The lowest BCUT2D eigenvalue weighted by Gasteiger charge is -2.14. The molecule has 2 rings (SSSR count). The van der Waals surface area contributed by atoms with E-state index in [4.69, 9.17) is 4.42 Å². The first-order valence-corrected chi connectivity index (χ1v) is 7.14. The van der Waals surface area contributed by atoms with Gasteiger partial charge in [-0.2, -0.15) is 0 Å². The number of rotatable bonds is 7. The number of hydrogen-bond donors (Lipinski definition) is 1. The van der Waals surface area contributed by atoms with Crippen molar-refractivity contribution in [2.24, 2.45) is 0 Å². The number of hydrogen-bond acceptors (Lipinski definition) is 3. The molecule has 0 amide bonds. The lowest BCUT2D eigenvalue weighted by molar-refractivity contribution is 0.293. The molecular formula is C17H24N2O. The van der Waals surface area contributed by atoms with Crippen molar-refractivity contribution in [1.29, 1.82) is 0 Å². The molecule has 0 bridgehead atoms. The van der Waals surface area contributed by atoms with Gasteiger partial charge >= 0.3 is 0 Å². The molecule has 3 heteroatoms. The Kier molecular flexibility index (Phi) is 5.39. The summed E-state index contributed by atoms with van der Waals surface area (Å²) in [5.41, 5.74) is 2.61. The Morgan fingerprint density at radius 3 is 2.65 bits per heavy atom. The molecule has 3 nitrogen and oxygen atoms in total. The molecule has 2 aromatic rings. The fourth-order valence-corrected chi connectivity index (χ4v) is 2.31. The van der Waals surface area contributed by atoms with E-state index in [9.17, 15) is 0 Å². The molecular weight excluding hydrogens is 248 g/mol. The van der Waals surface area contributed by atoms with Crippen LogP contribution in [0.25, 0.3) is 0 Å². The second-order valence-electron chi connectivity index (χ2n) is 5.32. The highest BCUT2D eigenvalue weighted by Gasteiger charge is 2.09. The number of aryl methyl sites for hydroxylation is 1. The number of nitrogens with one attached hydrogen (secondary N) is 1. The van der Waals surface area contributed by atoms with Crippen LogP contribution in [0.3, 0.4) is 0 Å². The first-order chi connectivity index (χ1) is 9.69. The third-order valence-electron chi connectivity index (χ3n) is 3.46. The van der Waals surface area contributed by atoms with Crippen molar-refractivity contribution in [1.82, 2.24) is 10.2 Å². The number of benzene rings is 1. The molecule has 1 aromatic heterocycles. The molecule has 0 saturated carbocycles. The van der Waals surface area contributed by atoms with Crippen molar-refractivity contribution in [3.8, 4) is 0 Å². The summed E-state index contributed by atoms with van der Waals surface area (Å²) in [4.78, 5) is 2.30. The summed E-state index contributed by atoms with van der Waals surface area (Å²) >= 11 is 0. The van der Waals surface area contributed by atoms with E-state index in [1.54, 1.807) is 0 Å². The molecule has 0 radical (unpaired) electrons. The first-order valence-electron chi connectivity index (χ1n) is 7.14. The maximum atomic E-state index is 5.87. The van der Waals surface area contributed by atoms with Gasteiger partial charge in [-0.05, 0) is 44.6 Å². The minimum Gasteiger partial charge on any atom is -0.463 e. The van der Waals surface area contributed by atoms with Gasteiger partial charge in [0.15, 0.2) is 0 Å². The fraction of sp³-hybridized carbons (Fsp3) is 0.412. The van der Waals surface area contributed by atoms with E-state index in [-0.39, 0.29) is 0 Å². The van der Waals surface area contributed by atoms with E-state index in [0.717, 1.165) is 37.6 Å². The third-order valence-corrected chi connectivity index (χ3v) is 3.46. The number of likely N-dealkylation sites (N-methyl/N-ethyl adjacent to an activating group) is 1. The average Bonchev–Trinajstić information content (AvgIpc) is 2.78. The van der Waals surface area contributed by atoms with Gasteiger partial charge in [0, 0.05) is 6.54 Å². The van der Waals surface area contributed by atoms with Crippen molar-refractivity contribution in [3.05, 3.63) is 59.0 Å². The van der Waals surface area contributed by atoms with Crippen LogP contribution < -0.4 is 5.32 Å². The molecule has 108 valence electrons. The van der Waals surface area contributed by atoms with Crippen molar-refractivity contribution in [2.75, 3.05) is 20.6 Å². The van der Waals surface area contributed by atoms with Crippen LogP contribution >= 0.6 is 0 Å². The van der Waals surface area contributed by atoms with Crippen molar-refractivity contribution >= 4 is 0 Å². The molecule has 0 fully saturated rings. The predicted octanol–water partition coefficient (Wildman–Crippen LogP) is 2.98. The highest BCUT2D eigenvalue weighted by Crippen LogP contribution is 2.16. The van der Waals surface area contributed by atoms with Crippen LogP contribution in [0.15, 0.2) is 40.8 Å². The Labute approximate surface area is 121 Å². The van der Waals surface area contributed by atoms with Gasteiger partial charge in [0.2, 0.25) is 0 Å². The minimum atomic E-state index is 0.791. The van der Waals surface area contributed by atoms with Crippen LogP contribution in [-0.4, -0.2) is 25.5 Å². The molecule has 0 spiro atoms. The largest absolute Gasteiger partial charge is 0.463 e. The molecule has 0 aliphatic rings. The third kappa shape index (κ3) is 4.22. The lowest BCUT2D eigenvalue weighted by Crippen LogP contribution is -2.20. The van der Waals surface area contributed by atoms with Gasteiger partial charge in [-0.3, -0.25) is 4.90 Å². The zero-order valence-electron chi connectivity index (χ0n) is 12.6. The van der Waals surface area contributed by atoms with Crippen LogP contribution in [0.1, 0.15) is 22.6 Å². The van der Waals surface area contributed by atoms with Gasteiger partial charge < -0.3 is 9.73 Å². The zero-order chi connectivity index (χ0) is 14.4. The summed E-state index contributed by atoms with van der Waals surface area (Å²) in [5.74, 6) is 2.09. The summed E-state index contributed by atoms with van der Waals surface area (Å²) in [6.07, 6.45) is 1.07. The summed E-state index contributed by atoms with van der Waals surface area (Å²) < 4.78 is 5.87. The predicted molar refractivity (Wildman–Crippen MR) is 82.7 cm³/mol. The topological polar surface area (TPSA) is 28.4 Å². The van der Waals surface area contributed by atoms with Gasteiger partial charge in [-0.1, -0.05) is 30.3 Å². The van der Waals surface area contributed by atoms with Crippen molar-refractivity contribution in [2.45, 2.75) is 26.4 Å². The van der Waals surface area contributed by atoms with E-state index in [1.165, 1.54) is 11.1 Å². The van der Waals surface area contributed by atoms with Crippen LogP contribution in [0, 0.1) is 6.92 Å². The second-order valence-corrected chi connectivity index (χ2v) is 5.32. The van der Waals surface area contributed by atoms with E-state index < -0.39 is 0 Å². The Morgan fingerprint density at radius 1 is 1.20 bits per heavy atom. The van der Waals surface area contributed by atoms with Gasteiger partial charge in [0.1, 0.15) is 11.5 Å². The van der Waals surface area contributed by atoms with Crippen LogP contribution in [0.4, 0.5) is 0 Å². The molecule has 0 aliphatic heterocycles. The monoisotopic (exact) mass is 272 g/mol. The SMILES string of the molecule is CNCc1oc(CN(C)CCc2ccccc2)cc1C. The normalized spacial score (nSPS) is 11.2. The first kappa shape index (κ1) is 14.8. The molecule has 1 N–H and O–H groups in total. The van der Waals surface area contributed by atoms with Crippen molar-refractivity contribution < 1.29 is 4.42 Å². The maximum Gasteiger partial charge on any atom is 0.120 e. The van der Waals surface area contributed by atoms with Gasteiger partial charge in [0.25, 0.3) is 0 Å². The summed E-state index contributed by atoms with van der Waals surface area (Å²) in [5, 5.41) is 3.13. The molecule has 0 saturated heterocycles. The Balaban J connectivity index is 1.85. The van der Waals surface area contributed by atoms with Gasteiger partial charge in [0.05, 0.1) is 13.1 Å². The van der Waals surface area contributed by atoms with E-state index in [0.29, 0.717) is 0 Å². The van der Waals surface area contributed by atoms with Gasteiger partial charge in [-0.15, -0.1) is 0 Å². The molecule has 0 aliphatic carbocycles. The molecule has 0 unspecified atom stereocenters. The maximum absolute atomic E-state index is 5.87. The fourth-order valence-electron chi connectivity index (χ4n) is 2.31. The highest BCUT2D eigenvalue weighted by atomic mass is 16.3. The molecule has 1 aromatic carbocycles. The Bertz CT molecular complexity index is 519. The Morgan fingerprint density at radius 2 is 1.95 bits per heavy atom. The van der Waals surface area contributed by atoms with Crippen LogP contribution in [0.5, 0.6) is 0 Å². The van der Waals surface area contributed by atoms with E-state index in [2.05, 4.69) is 60.6 Å². The smallest absolute Gasteiger partial charge is 0.120 e. The van der Waals surface area contributed by atoms with Crippen molar-refractivity contribution in [3.63, 3.8) is 0 Å². The lowest BCUT2D eigenvalue weighted by atomic mass is 10.1. The summed E-state index contributed by atoms with van der Waals surface area (Å²) in [6.45, 7) is 4.78. The molecule has 0 atom stereocenters. The van der Waals surface area contributed by atoms with E-state index in [1.807, 2.05) is 7.05 Å². The standard InChI is InChI=1S/C17H24N2O/c1-14-11-16(20-17(14)12-18-2)13-19(3)10-9-15-7-5-4-6-8-15/h4-8,11,18H,9-10,12-13H2,1-3H3.